The molecule has 0 aliphatic rings. The average Bonchev–Trinajstić information content (AvgIpc) is 2.28. The number of amides is 1. The van der Waals surface area contributed by atoms with Crippen LogP contribution in [-0.4, -0.2) is 5.91 Å². The number of rotatable bonds is 3. The maximum Gasteiger partial charge on any atom is 0.416 e. The number of hydrogen-bond donors (Lipinski definition) is 1. The Labute approximate surface area is 104 Å². The van der Waals surface area contributed by atoms with E-state index in [4.69, 9.17) is 0 Å². The third kappa shape index (κ3) is 3.91. The molecule has 98 valence electrons. The molecule has 0 heterocycles. The zero-order valence-electron chi connectivity index (χ0n) is 10.1. The molecule has 0 saturated heterocycles. The quantitative estimate of drug-likeness (QED) is 0.825. The van der Waals surface area contributed by atoms with Crippen LogP contribution < -0.4 is 5.32 Å². The van der Waals surface area contributed by atoms with Gasteiger partial charge in [0.1, 0.15) is 0 Å². The van der Waals surface area contributed by atoms with E-state index in [9.17, 15) is 18.0 Å². The van der Waals surface area contributed by atoms with Gasteiger partial charge in [-0.2, -0.15) is 13.2 Å². The summed E-state index contributed by atoms with van der Waals surface area (Å²) in [5.74, 6) is -0.273. The fraction of sp³-hybridized carbons (Fsp3) is 0.308. The van der Waals surface area contributed by atoms with Crippen molar-refractivity contribution in [3.8, 4) is 0 Å². The summed E-state index contributed by atoms with van der Waals surface area (Å²) in [7, 11) is 0. The van der Waals surface area contributed by atoms with Crippen LogP contribution in [0.3, 0.4) is 0 Å². The predicted molar refractivity (Wildman–Crippen MR) is 62.8 cm³/mol. The van der Waals surface area contributed by atoms with Crippen molar-refractivity contribution >= 4 is 5.91 Å². The van der Waals surface area contributed by atoms with E-state index in [0.29, 0.717) is 5.56 Å². The highest BCUT2D eigenvalue weighted by molar-refractivity contribution is 5.87. The molecule has 5 heteroatoms. The topological polar surface area (TPSA) is 29.1 Å². The van der Waals surface area contributed by atoms with Gasteiger partial charge in [0.05, 0.1) is 11.6 Å². The zero-order valence-corrected chi connectivity index (χ0v) is 10.1. The van der Waals surface area contributed by atoms with Crippen molar-refractivity contribution in [2.45, 2.75) is 26.1 Å². The minimum atomic E-state index is -4.34. The molecule has 0 radical (unpaired) electrons. The summed E-state index contributed by atoms with van der Waals surface area (Å²) in [5.41, 5.74) is -0.0703. The minimum Gasteiger partial charge on any atom is -0.346 e. The number of allylic oxidation sites excluding steroid dienone is 1. The first-order valence-electron chi connectivity index (χ1n) is 5.45. The van der Waals surface area contributed by atoms with Gasteiger partial charge in [-0.3, -0.25) is 4.79 Å². The van der Waals surface area contributed by atoms with E-state index in [2.05, 4.69) is 5.32 Å². The van der Waals surface area contributed by atoms with Gasteiger partial charge in [0.15, 0.2) is 0 Å². The first-order chi connectivity index (χ1) is 8.34. The van der Waals surface area contributed by atoms with Crippen molar-refractivity contribution < 1.29 is 18.0 Å². The summed E-state index contributed by atoms with van der Waals surface area (Å²) in [6.07, 6.45) is -1.38. The summed E-state index contributed by atoms with van der Waals surface area (Å²) in [6.45, 7) is 3.42. The van der Waals surface area contributed by atoms with Crippen molar-refractivity contribution in [3.63, 3.8) is 0 Å². The molecular formula is C13H14F3NO. The van der Waals surface area contributed by atoms with Crippen LogP contribution in [0.15, 0.2) is 36.4 Å². The SMILES string of the molecule is CC=CC(=O)NC(C)c1ccc(C(F)(F)F)cc1. The Morgan fingerprint density at radius 1 is 1.28 bits per heavy atom. The highest BCUT2D eigenvalue weighted by Crippen LogP contribution is 2.29. The lowest BCUT2D eigenvalue weighted by molar-refractivity contribution is -0.137. The lowest BCUT2D eigenvalue weighted by atomic mass is 10.1. The van der Waals surface area contributed by atoms with Gasteiger partial charge in [-0.05, 0) is 37.6 Å². The second-order valence-corrected chi connectivity index (χ2v) is 3.85. The van der Waals surface area contributed by atoms with Gasteiger partial charge in [0, 0.05) is 0 Å². The predicted octanol–water partition coefficient (Wildman–Crippen LogP) is 3.46. The van der Waals surface area contributed by atoms with Gasteiger partial charge >= 0.3 is 6.18 Å². The van der Waals surface area contributed by atoms with E-state index < -0.39 is 11.7 Å². The number of carbonyl (C=O) groups is 1. The van der Waals surface area contributed by atoms with Crippen molar-refractivity contribution in [2.24, 2.45) is 0 Å². The molecule has 0 aromatic heterocycles. The van der Waals surface area contributed by atoms with E-state index in [1.54, 1.807) is 19.9 Å². The average molecular weight is 257 g/mol. The van der Waals surface area contributed by atoms with Gasteiger partial charge in [-0.15, -0.1) is 0 Å². The zero-order chi connectivity index (χ0) is 13.8. The first kappa shape index (κ1) is 14.3. The summed E-state index contributed by atoms with van der Waals surface area (Å²) in [6, 6.07) is 4.41. The highest BCUT2D eigenvalue weighted by Gasteiger charge is 2.30. The Bertz CT molecular complexity index is 435. The minimum absolute atomic E-state index is 0.273. The molecule has 0 saturated carbocycles. The van der Waals surface area contributed by atoms with Crippen molar-refractivity contribution in [1.29, 1.82) is 0 Å². The van der Waals surface area contributed by atoms with Crippen LogP contribution in [0.25, 0.3) is 0 Å². The molecule has 1 atom stereocenters. The molecule has 1 aromatic rings. The highest BCUT2D eigenvalue weighted by atomic mass is 19.4. The van der Waals surface area contributed by atoms with Gasteiger partial charge < -0.3 is 5.32 Å². The second-order valence-electron chi connectivity index (χ2n) is 3.85. The Kier molecular flexibility index (Phi) is 4.53. The maximum absolute atomic E-state index is 12.4. The Hall–Kier alpha value is -1.78. The number of hydrogen-bond acceptors (Lipinski definition) is 1. The molecule has 18 heavy (non-hydrogen) atoms. The molecule has 0 aliphatic carbocycles. The van der Waals surface area contributed by atoms with Crippen molar-refractivity contribution in [1.82, 2.24) is 5.32 Å². The molecule has 0 aliphatic heterocycles. The largest absolute Gasteiger partial charge is 0.416 e. The van der Waals surface area contributed by atoms with Crippen LogP contribution in [-0.2, 0) is 11.0 Å². The Morgan fingerprint density at radius 3 is 2.28 bits per heavy atom. The Balaban J connectivity index is 2.76. The maximum atomic E-state index is 12.4. The van der Waals surface area contributed by atoms with E-state index in [1.807, 2.05) is 0 Å². The molecule has 0 bridgehead atoms. The fourth-order valence-corrected chi connectivity index (χ4v) is 1.46. The van der Waals surface area contributed by atoms with Crippen LogP contribution in [0.1, 0.15) is 31.0 Å². The van der Waals surface area contributed by atoms with Crippen LogP contribution in [0.5, 0.6) is 0 Å². The van der Waals surface area contributed by atoms with E-state index in [1.165, 1.54) is 18.2 Å². The second kappa shape index (κ2) is 5.71. The molecule has 1 unspecified atom stereocenters. The van der Waals surface area contributed by atoms with Crippen LogP contribution in [0.2, 0.25) is 0 Å². The smallest absolute Gasteiger partial charge is 0.346 e. The molecule has 2 nitrogen and oxygen atoms in total. The fourth-order valence-electron chi connectivity index (χ4n) is 1.46. The van der Waals surface area contributed by atoms with Gasteiger partial charge in [-0.1, -0.05) is 18.2 Å². The molecule has 1 rings (SSSR count). The Morgan fingerprint density at radius 2 is 1.83 bits per heavy atom. The van der Waals surface area contributed by atoms with Crippen LogP contribution in [0, 0.1) is 0 Å². The third-order valence-corrected chi connectivity index (χ3v) is 2.41. The number of nitrogens with one attached hydrogen (secondary N) is 1. The molecule has 1 aromatic carbocycles. The molecule has 0 spiro atoms. The molecule has 0 fully saturated rings. The number of halogens is 3. The molecular weight excluding hydrogens is 243 g/mol. The number of alkyl halides is 3. The summed E-state index contributed by atoms with van der Waals surface area (Å²) >= 11 is 0. The van der Waals surface area contributed by atoms with Crippen molar-refractivity contribution in [3.05, 3.63) is 47.5 Å². The van der Waals surface area contributed by atoms with Crippen LogP contribution in [0.4, 0.5) is 13.2 Å². The summed E-state index contributed by atoms with van der Waals surface area (Å²) in [5, 5.41) is 2.65. The monoisotopic (exact) mass is 257 g/mol. The lowest BCUT2D eigenvalue weighted by Crippen LogP contribution is -2.24. The van der Waals surface area contributed by atoms with Crippen LogP contribution >= 0.6 is 0 Å². The summed E-state index contributed by atoms with van der Waals surface area (Å²) < 4.78 is 37.1. The van der Waals surface area contributed by atoms with Gasteiger partial charge in [-0.25, -0.2) is 0 Å². The van der Waals surface area contributed by atoms with E-state index in [-0.39, 0.29) is 11.9 Å². The number of benzene rings is 1. The van der Waals surface area contributed by atoms with Crippen molar-refractivity contribution in [2.75, 3.05) is 0 Å². The van der Waals surface area contributed by atoms with E-state index in [0.717, 1.165) is 12.1 Å². The van der Waals surface area contributed by atoms with Gasteiger partial charge in [0.25, 0.3) is 0 Å². The lowest BCUT2D eigenvalue weighted by Gasteiger charge is -2.14. The standard InChI is InChI=1S/C13H14F3NO/c1-3-4-12(18)17-9(2)10-5-7-11(8-6-10)13(14,15)16/h3-9H,1-2H3,(H,17,18). The molecule has 1 N–H and O–H groups in total. The molecule has 1 amide bonds. The summed E-state index contributed by atoms with van der Waals surface area (Å²) in [4.78, 5) is 11.3. The van der Waals surface area contributed by atoms with E-state index >= 15 is 0 Å². The number of carbonyl (C=O) groups excluding carboxylic acids is 1. The first-order valence-corrected chi connectivity index (χ1v) is 5.45. The van der Waals surface area contributed by atoms with Gasteiger partial charge in [0.2, 0.25) is 5.91 Å². The third-order valence-electron chi connectivity index (χ3n) is 2.41. The normalized spacial score (nSPS) is 13.6.